The van der Waals surface area contributed by atoms with E-state index in [0.717, 1.165) is 22.3 Å². The van der Waals surface area contributed by atoms with E-state index in [0.29, 0.717) is 11.2 Å². The summed E-state index contributed by atoms with van der Waals surface area (Å²) in [6, 6.07) is 16.3. The highest BCUT2D eigenvalue weighted by molar-refractivity contribution is 5.96. The number of rotatable bonds is 4. The maximum Gasteiger partial charge on any atom is 0.252 e. The molecular weight excluding hydrogens is 357 g/mol. The number of hydrogen-bond donors (Lipinski definition) is 0. The van der Waals surface area contributed by atoms with Crippen LogP contribution in [0.2, 0.25) is 0 Å². The van der Waals surface area contributed by atoms with Gasteiger partial charge in [-0.15, -0.1) is 0 Å². The zero-order valence-corrected chi connectivity index (χ0v) is 15.5. The van der Waals surface area contributed by atoms with E-state index >= 15 is 0 Å². The molecule has 2 aromatic heterocycles. The Labute approximate surface area is 160 Å². The number of pyridine rings is 1. The van der Waals surface area contributed by atoms with Crippen LogP contribution in [0.3, 0.4) is 0 Å². The molecule has 0 aliphatic rings. The molecule has 0 radical (unpaired) electrons. The standard InChI is InChI=1S/C22H18FN3O2/c1-14-12-20(28)25(13-19(27)16-8-10-17(23)11-9-16)22-21(14)15(2)24-26(22)18-6-4-3-5-7-18/h3-12H,13H2,1-2H3. The molecule has 4 aromatic rings. The normalized spacial score (nSPS) is 11.1. The Morgan fingerprint density at radius 3 is 2.39 bits per heavy atom. The summed E-state index contributed by atoms with van der Waals surface area (Å²) < 4.78 is 16.3. The van der Waals surface area contributed by atoms with Crippen molar-refractivity contribution in [3.63, 3.8) is 0 Å². The summed E-state index contributed by atoms with van der Waals surface area (Å²) in [4.78, 5) is 25.5. The number of Topliss-reactive ketones (excluding diaryl/α,β-unsaturated/α-hetero) is 1. The molecule has 0 atom stereocenters. The number of hydrogen-bond acceptors (Lipinski definition) is 3. The maximum absolute atomic E-state index is 13.2. The largest absolute Gasteiger partial charge is 0.292 e. The molecule has 0 fully saturated rings. The first-order valence-electron chi connectivity index (χ1n) is 8.89. The fourth-order valence-electron chi connectivity index (χ4n) is 3.44. The summed E-state index contributed by atoms with van der Waals surface area (Å²) in [5, 5.41) is 5.45. The molecule has 4 rings (SSSR count). The van der Waals surface area contributed by atoms with Gasteiger partial charge in [0.05, 0.1) is 17.9 Å². The predicted octanol–water partition coefficient (Wildman–Crippen LogP) is 3.83. The number of fused-ring (bicyclic) bond motifs is 1. The summed E-state index contributed by atoms with van der Waals surface area (Å²) in [6.45, 7) is 3.59. The van der Waals surface area contributed by atoms with Crippen LogP contribution in [0.5, 0.6) is 0 Å². The number of ketones is 1. The molecular formula is C22H18FN3O2. The van der Waals surface area contributed by atoms with E-state index in [1.807, 2.05) is 44.2 Å². The molecule has 0 spiro atoms. The first kappa shape index (κ1) is 17.9. The van der Waals surface area contributed by atoms with Crippen LogP contribution in [-0.4, -0.2) is 20.1 Å². The second-order valence-electron chi connectivity index (χ2n) is 6.71. The Morgan fingerprint density at radius 2 is 1.71 bits per heavy atom. The number of halogens is 1. The second-order valence-corrected chi connectivity index (χ2v) is 6.71. The lowest BCUT2D eigenvalue weighted by atomic mass is 10.1. The van der Waals surface area contributed by atoms with Crippen molar-refractivity contribution < 1.29 is 9.18 Å². The minimum absolute atomic E-state index is 0.154. The molecule has 0 saturated heterocycles. The van der Waals surface area contributed by atoms with Gasteiger partial charge in [0.1, 0.15) is 11.5 Å². The number of benzene rings is 2. The SMILES string of the molecule is Cc1cc(=O)n(CC(=O)c2ccc(F)cc2)c2c1c(C)nn2-c1ccccc1. The summed E-state index contributed by atoms with van der Waals surface area (Å²) in [7, 11) is 0. The Kier molecular flexibility index (Phi) is 4.39. The fraction of sp³-hybridized carbons (Fsp3) is 0.136. The molecule has 0 saturated carbocycles. The first-order valence-corrected chi connectivity index (χ1v) is 8.89. The summed E-state index contributed by atoms with van der Waals surface area (Å²) in [5.41, 5.74) is 3.03. The predicted molar refractivity (Wildman–Crippen MR) is 106 cm³/mol. The topological polar surface area (TPSA) is 56.9 Å². The van der Waals surface area contributed by atoms with Gasteiger partial charge in [0, 0.05) is 17.0 Å². The van der Waals surface area contributed by atoms with Crippen molar-refractivity contribution in [1.82, 2.24) is 14.3 Å². The highest BCUT2D eigenvalue weighted by Gasteiger charge is 2.19. The molecule has 5 nitrogen and oxygen atoms in total. The van der Waals surface area contributed by atoms with Gasteiger partial charge in [0.15, 0.2) is 5.78 Å². The van der Waals surface area contributed by atoms with Gasteiger partial charge in [-0.25, -0.2) is 9.07 Å². The molecule has 6 heteroatoms. The molecule has 0 unspecified atom stereocenters. The van der Waals surface area contributed by atoms with E-state index in [4.69, 9.17) is 0 Å². The molecule has 0 aliphatic heterocycles. The van der Waals surface area contributed by atoms with E-state index in [1.54, 1.807) is 4.68 Å². The third-order valence-electron chi connectivity index (χ3n) is 4.76. The lowest BCUT2D eigenvalue weighted by Crippen LogP contribution is -2.26. The Bertz CT molecular complexity index is 1240. The van der Waals surface area contributed by atoms with Gasteiger partial charge in [0.25, 0.3) is 5.56 Å². The van der Waals surface area contributed by atoms with Gasteiger partial charge in [-0.2, -0.15) is 5.10 Å². The second kappa shape index (κ2) is 6.88. The van der Waals surface area contributed by atoms with Gasteiger partial charge in [-0.05, 0) is 55.8 Å². The van der Waals surface area contributed by atoms with E-state index in [1.165, 1.54) is 34.9 Å². The summed E-state index contributed by atoms with van der Waals surface area (Å²) in [5.74, 6) is -0.685. The van der Waals surface area contributed by atoms with Gasteiger partial charge in [0.2, 0.25) is 0 Å². The van der Waals surface area contributed by atoms with Crippen LogP contribution >= 0.6 is 0 Å². The lowest BCUT2D eigenvalue weighted by molar-refractivity contribution is 0.0972. The molecule has 2 heterocycles. The van der Waals surface area contributed by atoms with Crippen LogP contribution < -0.4 is 5.56 Å². The first-order chi connectivity index (χ1) is 13.5. The Balaban J connectivity index is 1.91. The smallest absolute Gasteiger partial charge is 0.252 e. The van der Waals surface area contributed by atoms with E-state index < -0.39 is 5.82 Å². The highest BCUT2D eigenvalue weighted by Crippen LogP contribution is 2.24. The van der Waals surface area contributed by atoms with Gasteiger partial charge in [-0.1, -0.05) is 18.2 Å². The zero-order chi connectivity index (χ0) is 19.8. The van der Waals surface area contributed by atoms with E-state index in [-0.39, 0.29) is 17.9 Å². The van der Waals surface area contributed by atoms with Gasteiger partial charge < -0.3 is 0 Å². The number of aromatic nitrogens is 3. The summed E-state index contributed by atoms with van der Waals surface area (Å²) in [6.07, 6.45) is 0. The van der Waals surface area contributed by atoms with E-state index in [9.17, 15) is 14.0 Å². The maximum atomic E-state index is 13.2. The van der Waals surface area contributed by atoms with Crippen molar-refractivity contribution in [2.24, 2.45) is 0 Å². The molecule has 0 N–H and O–H groups in total. The van der Waals surface area contributed by atoms with Crippen LogP contribution in [0.25, 0.3) is 16.7 Å². The third kappa shape index (κ3) is 3.03. The molecule has 28 heavy (non-hydrogen) atoms. The third-order valence-corrected chi connectivity index (χ3v) is 4.76. The van der Waals surface area contributed by atoms with Crippen molar-refractivity contribution in [2.75, 3.05) is 0 Å². The number of para-hydroxylation sites is 1. The minimum atomic E-state index is -0.413. The fourth-order valence-corrected chi connectivity index (χ4v) is 3.44. The number of aryl methyl sites for hydroxylation is 2. The average molecular weight is 375 g/mol. The van der Waals surface area contributed by atoms with Crippen LogP contribution in [-0.2, 0) is 6.54 Å². The van der Waals surface area contributed by atoms with Crippen LogP contribution in [0.15, 0.2) is 65.5 Å². The Hall–Kier alpha value is -3.54. The van der Waals surface area contributed by atoms with Crippen LogP contribution in [0.1, 0.15) is 21.6 Å². The van der Waals surface area contributed by atoms with Crippen molar-refractivity contribution in [2.45, 2.75) is 20.4 Å². The van der Waals surface area contributed by atoms with Gasteiger partial charge in [-0.3, -0.25) is 14.2 Å². The molecule has 0 aliphatic carbocycles. The zero-order valence-electron chi connectivity index (χ0n) is 15.5. The van der Waals surface area contributed by atoms with Crippen molar-refractivity contribution >= 4 is 16.8 Å². The highest BCUT2D eigenvalue weighted by atomic mass is 19.1. The van der Waals surface area contributed by atoms with Crippen molar-refractivity contribution in [1.29, 1.82) is 0 Å². The van der Waals surface area contributed by atoms with Crippen LogP contribution in [0.4, 0.5) is 4.39 Å². The monoisotopic (exact) mass is 375 g/mol. The quantitative estimate of drug-likeness (QED) is 0.510. The number of carbonyl (C=O) groups excluding carboxylic acids is 1. The number of nitrogens with zero attached hydrogens (tertiary/aromatic N) is 3. The molecule has 140 valence electrons. The van der Waals surface area contributed by atoms with Crippen LogP contribution in [0, 0.1) is 19.7 Å². The van der Waals surface area contributed by atoms with E-state index in [2.05, 4.69) is 5.10 Å². The van der Waals surface area contributed by atoms with Gasteiger partial charge >= 0.3 is 0 Å². The Morgan fingerprint density at radius 1 is 1.04 bits per heavy atom. The minimum Gasteiger partial charge on any atom is -0.292 e. The molecule has 0 amide bonds. The lowest BCUT2D eigenvalue weighted by Gasteiger charge is -2.12. The summed E-state index contributed by atoms with van der Waals surface area (Å²) >= 11 is 0. The van der Waals surface area contributed by atoms with Crippen molar-refractivity contribution in [3.8, 4) is 5.69 Å². The molecule has 2 aromatic carbocycles. The molecule has 0 bridgehead atoms. The van der Waals surface area contributed by atoms with Crippen molar-refractivity contribution in [3.05, 3.63) is 93.7 Å². The average Bonchev–Trinajstić information content (AvgIpc) is 3.04. The number of carbonyl (C=O) groups is 1.